The van der Waals surface area contributed by atoms with E-state index in [0.29, 0.717) is 29.5 Å². The van der Waals surface area contributed by atoms with Crippen LogP contribution in [0, 0.1) is 11.8 Å². The van der Waals surface area contributed by atoms with Crippen LogP contribution in [-0.2, 0) is 6.42 Å². The van der Waals surface area contributed by atoms with Crippen molar-refractivity contribution in [3.05, 3.63) is 77.4 Å². The number of nitrogens with zero attached hydrogens (tertiary/aromatic N) is 5. The standard InChI is InChI=1S/C32H41F2N7.C3H8/c1-7-20(3)24-14-26-28(19-36-18-24)39-31(40-32(26)41(6)29-10-9-12-35-17-21(29)4)23-11-13-37-30(15-23)38-22(5)27(34)16-25(33)8-2;1-3-2/h8,11,13,15-16,18-21,29,35H,2,7,9-10,12,14,17H2,1,3-6H3,(H,37,38);3H2,1-2H3/b25-16+,27-22-;. The van der Waals surface area contributed by atoms with E-state index in [1.54, 1.807) is 12.3 Å². The second kappa shape index (κ2) is 16.9. The maximum absolute atomic E-state index is 14.4. The largest absolute Gasteiger partial charge is 0.356 e. The number of halogens is 2. The predicted octanol–water partition coefficient (Wildman–Crippen LogP) is 8.34. The Kier molecular flexibility index (Phi) is 13.4. The summed E-state index contributed by atoms with van der Waals surface area (Å²) >= 11 is 0. The first-order valence-electron chi connectivity index (χ1n) is 15.8. The van der Waals surface area contributed by atoms with Crippen LogP contribution in [0.4, 0.5) is 20.4 Å². The van der Waals surface area contributed by atoms with Crippen molar-refractivity contribution in [1.82, 2.24) is 20.3 Å². The summed E-state index contributed by atoms with van der Waals surface area (Å²) in [5.41, 5.74) is 4.00. The van der Waals surface area contributed by atoms with Crippen molar-refractivity contribution in [3.63, 3.8) is 0 Å². The number of anilines is 2. The zero-order chi connectivity index (χ0) is 32.2. The average Bonchev–Trinajstić information content (AvgIpc) is 3.38. The van der Waals surface area contributed by atoms with Gasteiger partial charge >= 0.3 is 0 Å². The molecule has 2 aromatic rings. The Labute approximate surface area is 262 Å². The molecule has 0 aliphatic carbocycles. The number of allylic oxidation sites excluding steroid dienone is 6. The third-order valence-corrected chi connectivity index (χ3v) is 8.04. The second-order valence-electron chi connectivity index (χ2n) is 11.7. The summed E-state index contributed by atoms with van der Waals surface area (Å²) in [5, 5.41) is 6.47. The van der Waals surface area contributed by atoms with E-state index >= 15 is 0 Å². The summed E-state index contributed by atoms with van der Waals surface area (Å²) in [6.45, 7) is 17.8. The van der Waals surface area contributed by atoms with Gasteiger partial charge in [0, 0.05) is 54.8 Å². The maximum atomic E-state index is 14.4. The molecule has 238 valence electrons. The van der Waals surface area contributed by atoms with Crippen LogP contribution >= 0.6 is 0 Å². The molecule has 4 heterocycles. The van der Waals surface area contributed by atoms with Crippen molar-refractivity contribution in [2.75, 3.05) is 30.4 Å². The summed E-state index contributed by atoms with van der Waals surface area (Å²) in [5.74, 6) is 1.19. The van der Waals surface area contributed by atoms with Crippen molar-refractivity contribution in [2.45, 2.75) is 79.7 Å². The Hall–Kier alpha value is -3.72. The smallest absolute Gasteiger partial charge is 0.162 e. The van der Waals surface area contributed by atoms with E-state index in [1.807, 2.05) is 18.5 Å². The molecular weight excluding hydrogens is 556 g/mol. The molecule has 7 nitrogen and oxygen atoms in total. The molecule has 1 fully saturated rings. The molecule has 9 heteroatoms. The Morgan fingerprint density at radius 1 is 1.25 bits per heavy atom. The first kappa shape index (κ1) is 34.8. The van der Waals surface area contributed by atoms with Gasteiger partial charge in [-0.3, -0.25) is 4.99 Å². The number of hydrogen-bond donors (Lipinski definition) is 2. The van der Waals surface area contributed by atoms with Crippen LogP contribution < -0.4 is 15.5 Å². The van der Waals surface area contributed by atoms with E-state index in [4.69, 9.17) is 9.97 Å². The highest BCUT2D eigenvalue weighted by Crippen LogP contribution is 2.33. The van der Waals surface area contributed by atoms with Crippen molar-refractivity contribution in [3.8, 4) is 11.4 Å². The Bertz CT molecular complexity index is 1400. The van der Waals surface area contributed by atoms with E-state index in [0.717, 1.165) is 73.6 Å². The Balaban J connectivity index is 0.00000169. The van der Waals surface area contributed by atoms with Gasteiger partial charge in [-0.1, -0.05) is 47.6 Å². The molecule has 2 N–H and O–H groups in total. The quantitative estimate of drug-likeness (QED) is 0.280. The highest BCUT2D eigenvalue weighted by Gasteiger charge is 2.29. The van der Waals surface area contributed by atoms with Crippen molar-refractivity contribution in [1.29, 1.82) is 0 Å². The molecule has 44 heavy (non-hydrogen) atoms. The molecule has 3 atom stereocenters. The van der Waals surface area contributed by atoms with E-state index in [1.165, 1.54) is 18.9 Å². The number of pyridine rings is 1. The van der Waals surface area contributed by atoms with E-state index in [2.05, 4.69) is 73.8 Å². The van der Waals surface area contributed by atoms with Gasteiger partial charge in [0.25, 0.3) is 0 Å². The van der Waals surface area contributed by atoms with Crippen LogP contribution in [0.2, 0.25) is 0 Å². The lowest BCUT2D eigenvalue weighted by Gasteiger charge is -2.34. The normalized spacial score (nSPS) is 19.7. The summed E-state index contributed by atoms with van der Waals surface area (Å²) in [4.78, 5) is 21.4. The van der Waals surface area contributed by atoms with Crippen LogP contribution in [0.5, 0.6) is 0 Å². The van der Waals surface area contributed by atoms with Gasteiger partial charge in [-0.2, -0.15) is 0 Å². The average molecular weight is 606 g/mol. The fourth-order valence-electron chi connectivity index (χ4n) is 5.30. The minimum atomic E-state index is -0.758. The number of aliphatic imine (C=N–C) groups is 1. The summed E-state index contributed by atoms with van der Waals surface area (Å²) < 4.78 is 27.9. The topological polar surface area (TPSA) is 78.3 Å². The molecule has 4 rings (SSSR count). The van der Waals surface area contributed by atoms with Gasteiger partial charge < -0.3 is 15.5 Å². The van der Waals surface area contributed by atoms with Crippen LogP contribution in [0.1, 0.15) is 78.5 Å². The monoisotopic (exact) mass is 605 g/mol. The van der Waals surface area contributed by atoms with Gasteiger partial charge in [0.2, 0.25) is 0 Å². The zero-order valence-electron chi connectivity index (χ0n) is 27.4. The van der Waals surface area contributed by atoms with Crippen LogP contribution in [-0.4, -0.2) is 47.3 Å². The van der Waals surface area contributed by atoms with Crippen LogP contribution in [0.25, 0.3) is 11.4 Å². The number of fused-ring (bicyclic) bond motifs is 1. The summed E-state index contributed by atoms with van der Waals surface area (Å²) in [6, 6.07) is 3.92. The Morgan fingerprint density at radius 2 is 2.00 bits per heavy atom. The van der Waals surface area contributed by atoms with Gasteiger partial charge in [-0.05, 0) is 74.9 Å². The van der Waals surface area contributed by atoms with E-state index in [-0.39, 0.29) is 5.70 Å². The van der Waals surface area contributed by atoms with Crippen LogP contribution in [0.15, 0.2) is 71.2 Å². The van der Waals surface area contributed by atoms with Crippen molar-refractivity contribution in [2.24, 2.45) is 16.8 Å². The fraction of sp³-hybridized carbons (Fsp3) is 0.486. The highest BCUT2D eigenvalue weighted by atomic mass is 19.1. The third kappa shape index (κ3) is 9.14. The zero-order valence-corrected chi connectivity index (χ0v) is 27.4. The van der Waals surface area contributed by atoms with Gasteiger partial charge in [-0.15, -0.1) is 0 Å². The van der Waals surface area contributed by atoms with Crippen molar-refractivity contribution < 1.29 is 8.78 Å². The SMILES string of the molecule is C=C/C(F)=C\C(F)=C(/C)Nc1cc(-c2nc3c(c(N(C)C4CCCNCC4C)n2)CC(C(C)CC)=CN=C3)ccn1.CCC. The van der Waals surface area contributed by atoms with Gasteiger partial charge in [0.15, 0.2) is 5.82 Å². The third-order valence-electron chi connectivity index (χ3n) is 8.04. The predicted molar refractivity (Wildman–Crippen MR) is 180 cm³/mol. The number of nitrogens with one attached hydrogen (secondary N) is 2. The number of hydrogen-bond acceptors (Lipinski definition) is 7. The fourth-order valence-corrected chi connectivity index (χ4v) is 5.30. The molecule has 0 bridgehead atoms. The molecule has 0 radical (unpaired) electrons. The number of aromatic nitrogens is 3. The van der Waals surface area contributed by atoms with Crippen LogP contribution in [0.3, 0.4) is 0 Å². The number of rotatable bonds is 9. The highest BCUT2D eigenvalue weighted by molar-refractivity contribution is 5.84. The van der Waals surface area contributed by atoms with Gasteiger partial charge in [-0.25, -0.2) is 23.7 Å². The summed E-state index contributed by atoms with van der Waals surface area (Å²) in [6.07, 6.45) is 12.4. The first-order valence-corrected chi connectivity index (χ1v) is 15.8. The second-order valence-corrected chi connectivity index (χ2v) is 11.7. The molecule has 3 unspecified atom stereocenters. The minimum absolute atomic E-state index is 0.127. The lowest BCUT2D eigenvalue weighted by molar-refractivity contribution is 0.430. The molecule has 2 aliphatic heterocycles. The lowest BCUT2D eigenvalue weighted by atomic mass is 9.92. The molecule has 0 aromatic carbocycles. The minimum Gasteiger partial charge on any atom is -0.356 e. The molecule has 2 aromatic heterocycles. The first-order chi connectivity index (χ1) is 21.1. The molecule has 0 amide bonds. The van der Waals surface area contributed by atoms with Crippen molar-refractivity contribution >= 4 is 17.9 Å². The molecule has 0 saturated carbocycles. The molecule has 2 aliphatic rings. The molecule has 0 spiro atoms. The van der Waals surface area contributed by atoms with Gasteiger partial charge in [0.1, 0.15) is 23.3 Å². The lowest BCUT2D eigenvalue weighted by Crippen LogP contribution is -2.40. The molecule has 1 saturated heterocycles. The van der Waals surface area contributed by atoms with E-state index in [9.17, 15) is 8.78 Å². The molecular formula is C35H49F2N7. The maximum Gasteiger partial charge on any atom is 0.162 e. The summed E-state index contributed by atoms with van der Waals surface area (Å²) in [7, 11) is 2.14. The van der Waals surface area contributed by atoms with Gasteiger partial charge in [0.05, 0.1) is 11.9 Å². The van der Waals surface area contributed by atoms with E-state index < -0.39 is 11.7 Å². The Morgan fingerprint density at radius 3 is 2.70 bits per heavy atom.